The Bertz CT molecular complexity index is 849. The monoisotopic (exact) mass is 522 g/mol. The molecule has 2 aromatic rings. The van der Waals surface area contributed by atoms with Crippen LogP contribution in [0.1, 0.15) is 47.3 Å². The zero-order valence-corrected chi connectivity index (χ0v) is 20.2. The third-order valence-corrected chi connectivity index (χ3v) is 5.25. The zero-order chi connectivity index (χ0) is 20.6. The van der Waals surface area contributed by atoms with Crippen molar-refractivity contribution in [2.24, 2.45) is 4.99 Å². The van der Waals surface area contributed by atoms with Gasteiger partial charge in [-0.1, -0.05) is 24.3 Å². The van der Waals surface area contributed by atoms with Crippen LogP contribution in [0.25, 0.3) is 0 Å². The number of ether oxygens (including phenoxy) is 1. The fourth-order valence-electron chi connectivity index (χ4n) is 3.51. The topological polar surface area (TPSA) is 66.0 Å². The van der Waals surface area contributed by atoms with E-state index in [1.807, 2.05) is 12.1 Å². The summed E-state index contributed by atoms with van der Waals surface area (Å²) < 4.78 is 4.73. The summed E-state index contributed by atoms with van der Waals surface area (Å²) in [6.07, 6.45) is 2.55. The average molecular weight is 522 g/mol. The summed E-state index contributed by atoms with van der Waals surface area (Å²) in [4.78, 5) is 18.3. The number of aliphatic imine (C=N–C) groups is 1. The molecule has 1 heterocycles. The molecule has 162 valence electrons. The van der Waals surface area contributed by atoms with Crippen molar-refractivity contribution in [2.45, 2.75) is 32.4 Å². The Hall–Kier alpha value is -2.29. The maximum Gasteiger partial charge on any atom is 0.337 e. The molecule has 30 heavy (non-hydrogen) atoms. The van der Waals surface area contributed by atoms with Gasteiger partial charge in [-0.3, -0.25) is 4.99 Å². The lowest BCUT2D eigenvalue weighted by atomic mass is 10.1. The molecule has 0 bridgehead atoms. The van der Waals surface area contributed by atoms with Crippen molar-refractivity contribution in [3.63, 3.8) is 0 Å². The lowest BCUT2D eigenvalue weighted by Gasteiger charge is -2.22. The zero-order valence-electron chi connectivity index (χ0n) is 17.9. The van der Waals surface area contributed by atoms with Crippen LogP contribution >= 0.6 is 24.0 Å². The van der Waals surface area contributed by atoms with Crippen molar-refractivity contribution in [1.82, 2.24) is 10.6 Å². The lowest BCUT2D eigenvalue weighted by molar-refractivity contribution is 0.0600. The second-order valence-electron chi connectivity index (χ2n) is 7.27. The number of nitrogens with one attached hydrogen (secondary N) is 2. The smallest absolute Gasteiger partial charge is 0.337 e. The van der Waals surface area contributed by atoms with Crippen LogP contribution in [0.2, 0.25) is 0 Å². The van der Waals surface area contributed by atoms with Gasteiger partial charge in [-0.05, 0) is 55.2 Å². The highest BCUT2D eigenvalue weighted by molar-refractivity contribution is 14.0. The van der Waals surface area contributed by atoms with Crippen LogP contribution < -0.4 is 15.5 Å². The summed E-state index contributed by atoms with van der Waals surface area (Å²) in [7, 11) is 3.15. The van der Waals surface area contributed by atoms with Crippen LogP contribution in [0.15, 0.2) is 53.5 Å². The Kier molecular flexibility index (Phi) is 9.42. The first-order chi connectivity index (χ1) is 14.1. The van der Waals surface area contributed by atoms with E-state index >= 15 is 0 Å². The van der Waals surface area contributed by atoms with Gasteiger partial charge in [0.15, 0.2) is 5.96 Å². The highest BCUT2D eigenvalue weighted by atomic mass is 127. The number of nitrogens with zero attached hydrogens (tertiary/aromatic N) is 2. The molecule has 2 N–H and O–H groups in total. The molecule has 1 atom stereocenters. The number of carbonyl (C=O) groups excluding carboxylic acids is 1. The molecule has 0 aliphatic carbocycles. The Morgan fingerprint density at radius 1 is 1.17 bits per heavy atom. The largest absolute Gasteiger partial charge is 0.465 e. The summed E-state index contributed by atoms with van der Waals surface area (Å²) in [6.45, 7) is 5.04. The molecular formula is C23H31IN4O2. The molecule has 1 unspecified atom stereocenters. The van der Waals surface area contributed by atoms with E-state index in [9.17, 15) is 4.79 Å². The van der Waals surface area contributed by atoms with Crippen LogP contribution in [0.3, 0.4) is 0 Å². The highest BCUT2D eigenvalue weighted by Crippen LogP contribution is 2.23. The van der Waals surface area contributed by atoms with Crippen molar-refractivity contribution in [2.75, 3.05) is 32.1 Å². The molecule has 2 aromatic carbocycles. The predicted molar refractivity (Wildman–Crippen MR) is 133 cm³/mol. The van der Waals surface area contributed by atoms with Gasteiger partial charge in [0, 0.05) is 32.4 Å². The number of benzene rings is 2. The minimum atomic E-state index is -0.327. The molecular weight excluding hydrogens is 491 g/mol. The fraction of sp³-hybridized carbons (Fsp3) is 0.391. The molecule has 1 aliphatic heterocycles. The van der Waals surface area contributed by atoms with Gasteiger partial charge in [-0.25, -0.2) is 4.79 Å². The number of esters is 1. The quantitative estimate of drug-likeness (QED) is 0.259. The number of hydrogen-bond acceptors (Lipinski definition) is 4. The number of methoxy groups -OCH3 is 1. The average Bonchev–Trinajstić information content (AvgIpc) is 3.31. The third kappa shape index (κ3) is 6.35. The molecule has 3 rings (SSSR count). The summed E-state index contributed by atoms with van der Waals surface area (Å²) in [5, 5.41) is 6.79. The first kappa shape index (κ1) is 24.0. The number of guanidine groups is 1. The summed E-state index contributed by atoms with van der Waals surface area (Å²) in [5.74, 6) is 0.410. The lowest BCUT2D eigenvalue weighted by Crippen LogP contribution is -2.38. The minimum Gasteiger partial charge on any atom is -0.465 e. The van der Waals surface area contributed by atoms with Gasteiger partial charge in [0.1, 0.15) is 0 Å². The summed E-state index contributed by atoms with van der Waals surface area (Å²) in [6, 6.07) is 16.2. The van der Waals surface area contributed by atoms with Crippen LogP contribution in [-0.2, 0) is 11.3 Å². The van der Waals surface area contributed by atoms with E-state index in [1.54, 1.807) is 19.2 Å². The van der Waals surface area contributed by atoms with Gasteiger partial charge < -0.3 is 20.3 Å². The third-order valence-electron chi connectivity index (χ3n) is 5.25. The SMILES string of the molecule is CN=C(NCc1ccc(C(=O)OC)cc1)NC(C)c1cccc(N2CCCC2)c1.I. The Labute approximate surface area is 196 Å². The van der Waals surface area contributed by atoms with Crippen molar-refractivity contribution in [1.29, 1.82) is 0 Å². The van der Waals surface area contributed by atoms with Crippen molar-refractivity contribution < 1.29 is 9.53 Å². The van der Waals surface area contributed by atoms with E-state index in [4.69, 9.17) is 4.74 Å². The van der Waals surface area contributed by atoms with Gasteiger partial charge in [0.05, 0.1) is 18.7 Å². The van der Waals surface area contributed by atoms with Crippen LogP contribution in [-0.4, -0.2) is 39.2 Å². The van der Waals surface area contributed by atoms with E-state index in [1.165, 1.54) is 31.2 Å². The second-order valence-corrected chi connectivity index (χ2v) is 7.27. The number of halogens is 1. The molecule has 1 fully saturated rings. The Morgan fingerprint density at radius 2 is 1.87 bits per heavy atom. The van der Waals surface area contributed by atoms with Gasteiger partial charge in [0.2, 0.25) is 0 Å². The standard InChI is InChI=1S/C23H30N4O2.HI/c1-17(20-7-6-8-21(15-20)27-13-4-5-14-27)26-23(24-2)25-16-18-9-11-19(12-10-18)22(28)29-3;/h6-12,15,17H,4-5,13-14,16H2,1-3H3,(H2,24,25,26);1H. The first-order valence-electron chi connectivity index (χ1n) is 10.1. The maximum absolute atomic E-state index is 11.5. The van der Waals surface area contributed by atoms with Crippen LogP contribution in [0.4, 0.5) is 5.69 Å². The number of anilines is 1. The molecule has 0 amide bonds. The maximum atomic E-state index is 11.5. The van der Waals surface area contributed by atoms with Gasteiger partial charge in [-0.2, -0.15) is 0 Å². The fourth-order valence-corrected chi connectivity index (χ4v) is 3.51. The van der Waals surface area contributed by atoms with Gasteiger partial charge in [-0.15, -0.1) is 24.0 Å². The van der Waals surface area contributed by atoms with Crippen molar-refractivity contribution in [3.05, 3.63) is 65.2 Å². The number of carbonyl (C=O) groups is 1. The predicted octanol–water partition coefficient (Wildman–Crippen LogP) is 4.12. The van der Waals surface area contributed by atoms with Crippen LogP contribution in [0.5, 0.6) is 0 Å². The first-order valence-corrected chi connectivity index (χ1v) is 10.1. The molecule has 1 aliphatic rings. The summed E-state index contributed by atoms with van der Waals surface area (Å²) >= 11 is 0. The molecule has 0 saturated carbocycles. The molecule has 6 nitrogen and oxygen atoms in total. The van der Waals surface area contributed by atoms with Crippen molar-refractivity contribution in [3.8, 4) is 0 Å². The van der Waals surface area contributed by atoms with E-state index < -0.39 is 0 Å². The van der Waals surface area contributed by atoms with E-state index in [0.717, 1.165) is 24.6 Å². The van der Waals surface area contributed by atoms with E-state index in [-0.39, 0.29) is 36.0 Å². The van der Waals surface area contributed by atoms with E-state index in [0.29, 0.717) is 12.1 Å². The number of hydrogen-bond donors (Lipinski definition) is 2. The second kappa shape index (κ2) is 11.8. The Morgan fingerprint density at radius 3 is 2.50 bits per heavy atom. The molecule has 0 spiro atoms. The number of rotatable bonds is 6. The molecule has 0 radical (unpaired) electrons. The van der Waals surface area contributed by atoms with Gasteiger partial charge in [0.25, 0.3) is 0 Å². The Balaban J connectivity index is 0.00000320. The summed E-state index contributed by atoms with van der Waals surface area (Å²) in [5.41, 5.74) is 4.14. The molecule has 7 heteroatoms. The molecule has 1 saturated heterocycles. The normalized spacial score (nSPS) is 14.6. The van der Waals surface area contributed by atoms with Crippen LogP contribution in [0, 0.1) is 0 Å². The van der Waals surface area contributed by atoms with Gasteiger partial charge >= 0.3 is 5.97 Å². The van der Waals surface area contributed by atoms with Crippen molar-refractivity contribution >= 4 is 41.6 Å². The molecule has 0 aromatic heterocycles. The minimum absolute atomic E-state index is 0. The highest BCUT2D eigenvalue weighted by Gasteiger charge is 2.14. The van der Waals surface area contributed by atoms with E-state index in [2.05, 4.69) is 51.7 Å².